The highest BCUT2D eigenvalue weighted by Gasteiger charge is 2.50. The Morgan fingerprint density at radius 1 is 1.19 bits per heavy atom. The fourth-order valence-electron chi connectivity index (χ4n) is 2.69. The predicted octanol–water partition coefficient (Wildman–Crippen LogP) is -0.340. The lowest BCUT2D eigenvalue weighted by atomic mass is 9.71. The van der Waals surface area contributed by atoms with Gasteiger partial charge in [-0.05, 0) is 12.3 Å². The zero-order chi connectivity index (χ0) is 20.7. The highest BCUT2D eigenvalue weighted by Crippen LogP contribution is 2.24. The normalized spacial score (nSPS) is 21.1. The molecule has 0 aromatic heterocycles. The standard InChI is InChI=1S/C16H27BN2O8/c1-8(2)5-11(19-12(20)7-18-9(3)4)17-26-10(6-13(21)22)14(15(23)24)16(25)27-17/h8-11,14,18H,5-7H2,1-4H3,(H,19,20)(H,21,22)(H,23,24)/t10?,11-,14?/m0/s1. The van der Waals surface area contributed by atoms with Gasteiger partial charge in [-0.2, -0.15) is 0 Å². The third-order valence-electron chi connectivity index (χ3n) is 3.88. The van der Waals surface area contributed by atoms with E-state index in [2.05, 4.69) is 10.6 Å². The zero-order valence-electron chi connectivity index (χ0n) is 15.9. The Hall–Kier alpha value is -2.14. The Morgan fingerprint density at radius 2 is 1.81 bits per heavy atom. The van der Waals surface area contributed by atoms with E-state index in [1.807, 2.05) is 27.7 Å². The average molecular weight is 386 g/mol. The van der Waals surface area contributed by atoms with E-state index in [9.17, 15) is 24.3 Å². The summed E-state index contributed by atoms with van der Waals surface area (Å²) in [5.74, 6) is -6.60. The van der Waals surface area contributed by atoms with Crippen LogP contribution in [0.15, 0.2) is 0 Å². The summed E-state index contributed by atoms with van der Waals surface area (Å²) in [6.45, 7) is 7.60. The molecule has 1 aliphatic heterocycles. The number of carbonyl (C=O) groups excluding carboxylic acids is 2. The molecule has 1 amide bonds. The van der Waals surface area contributed by atoms with Crippen LogP contribution in [0, 0.1) is 11.8 Å². The first kappa shape index (κ1) is 22.9. The number of carbonyl (C=O) groups is 4. The summed E-state index contributed by atoms with van der Waals surface area (Å²) in [6.07, 6.45) is -1.66. The first-order chi connectivity index (χ1) is 12.5. The van der Waals surface area contributed by atoms with E-state index in [4.69, 9.17) is 14.4 Å². The minimum absolute atomic E-state index is 0.0449. The first-order valence-electron chi connectivity index (χ1n) is 8.84. The number of nitrogens with one attached hydrogen (secondary N) is 2. The molecule has 1 rings (SSSR count). The molecule has 152 valence electrons. The topological polar surface area (TPSA) is 151 Å². The molecular weight excluding hydrogens is 359 g/mol. The fourth-order valence-corrected chi connectivity index (χ4v) is 2.69. The van der Waals surface area contributed by atoms with Crippen LogP contribution >= 0.6 is 0 Å². The van der Waals surface area contributed by atoms with E-state index in [-0.39, 0.29) is 24.4 Å². The number of carboxylic acid groups (broad SMARTS) is 2. The van der Waals surface area contributed by atoms with Crippen LogP contribution in [0.3, 0.4) is 0 Å². The Labute approximate surface area is 158 Å². The van der Waals surface area contributed by atoms with Crippen LogP contribution in [0.2, 0.25) is 0 Å². The second-order valence-electron chi connectivity index (χ2n) is 7.23. The van der Waals surface area contributed by atoms with Crippen molar-refractivity contribution in [2.75, 3.05) is 6.54 Å². The van der Waals surface area contributed by atoms with Crippen molar-refractivity contribution in [1.29, 1.82) is 0 Å². The van der Waals surface area contributed by atoms with Crippen molar-refractivity contribution in [3.05, 3.63) is 0 Å². The van der Waals surface area contributed by atoms with E-state index in [1.165, 1.54) is 0 Å². The van der Waals surface area contributed by atoms with Gasteiger partial charge in [-0.25, -0.2) is 0 Å². The molecule has 4 N–H and O–H groups in total. The fraction of sp³-hybridized carbons (Fsp3) is 0.750. The van der Waals surface area contributed by atoms with E-state index in [0.717, 1.165) is 0 Å². The summed E-state index contributed by atoms with van der Waals surface area (Å²) in [4.78, 5) is 46.6. The number of amides is 1. The van der Waals surface area contributed by atoms with Crippen LogP contribution in [-0.2, 0) is 28.5 Å². The molecule has 0 saturated carbocycles. The van der Waals surface area contributed by atoms with Crippen molar-refractivity contribution in [2.24, 2.45) is 11.8 Å². The van der Waals surface area contributed by atoms with Gasteiger partial charge in [0.05, 0.1) is 25.0 Å². The summed E-state index contributed by atoms with van der Waals surface area (Å²) in [5.41, 5.74) is 0. The molecule has 0 aromatic rings. The maximum absolute atomic E-state index is 12.1. The summed E-state index contributed by atoms with van der Waals surface area (Å²) in [7, 11) is -1.26. The van der Waals surface area contributed by atoms with Gasteiger partial charge >= 0.3 is 25.0 Å². The molecule has 0 aromatic carbocycles. The largest absolute Gasteiger partial charge is 0.551 e. The highest BCUT2D eigenvalue weighted by atomic mass is 16.6. The van der Waals surface area contributed by atoms with Crippen molar-refractivity contribution >= 4 is 30.9 Å². The monoisotopic (exact) mass is 386 g/mol. The third kappa shape index (κ3) is 7.55. The lowest BCUT2D eigenvalue weighted by molar-refractivity contribution is -0.165. The average Bonchev–Trinajstić information content (AvgIpc) is 2.50. The number of aliphatic carboxylic acids is 2. The van der Waals surface area contributed by atoms with Crippen LogP contribution in [0.5, 0.6) is 0 Å². The number of rotatable bonds is 10. The SMILES string of the molecule is CC(C)C[C@H](NC(=O)CNC(C)C)B1OC(=O)C(C(=O)O)C(CC(=O)O)O1. The molecule has 1 aliphatic rings. The number of carboxylic acids is 2. The molecule has 27 heavy (non-hydrogen) atoms. The molecule has 3 atom stereocenters. The molecular formula is C16H27BN2O8. The summed E-state index contributed by atoms with van der Waals surface area (Å²) < 4.78 is 10.6. The van der Waals surface area contributed by atoms with Crippen molar-refractivity contribution in [3.63, 3.8) is 0 Å². The first-order valence-corrected chi connectivity index (χ1v) is 8.84. The Balaban J connectivity index is 2.93. The molecule has 0 aliphatic carbocycles. The van der Waals surface area contributed by atoms with Gasteiger partial charge in [-0.15, -0.1) is 0 Å². The quantitative estimate of drug-likeness (QED) is 0.292. The van der Waals surface area contributed by atoms with Crippen molar-refractivity contribution < 1.29 is 38.7 Å². The Bertz CT molecular complexity index is 569. The van der Waals surface area contributed by atoms with Gasteiger partial charge in [0.15, 0.2) is 5.92 Å². The van der Waals surface area contributed by atoms with E-state index < -0.39 is 49.4 Å². The van der Waals surface area contributed by atoms with E-state index in [1.54, 1.807) is 0 Å². The molecule has 11 heteroatoms. The molecule has 1 fully saturated rings. The van der Waals surface area contributed by atoms with Crippen molar-refractivity contribution in [3.8, 4) is 0 Å². The second-order valence-corrected chi connectivity index (χ2v) is 7.23. The molecule has 10 nitrogen and oxygen atoms in total. The summed E-state index contributed by atoms with van der Waals surface area (Å²) >= 11 is 0. The number of hydrogen-bond acceptors (Lipinski definition) is 7. The maximum atomic E-state index is 12.1. The van der Waals surface area contributed by atoms with Gasteiger partial charge in [0.25, 0.3) is 0 Å². The Kier molecular flexibility index (Phi) is 8.71. The second kappa shape index (κ2) is 10.3. The Morgan fingerprint density at radius 3 is 2.30 bits per heavy atom. The zero-order valence-corrected chi connectivity index (χ0v) is 15.9. The molecule has 0 radical (unpaired) electrons. The molecule has 1 heterocycles. The molecule has 0 spiro atoms. The minimum Gasteiger partial charge on any atom is -0.508 e. The summed E-state index contributed by atoms with van der Waals surface area (Å²) in [5, 5.41) is 23.8. The third-order valence-corrected chi connectivity index (χ3v) is 3.88. The predicted molar refractivity (Wildman–Crippen MR) is 94.6 cm³/mol. The molecule has 0 bridgehead atoms. The lowest BCUT2D eigenvalue weighted by Crippen LogP contribution is -2.59. The van der Waals surface area contributed by atoms with Crippen molar-refractivity contribution in [1.82, 2.24) is 10.6 Å². The summed E-state index contributed by atoms with van der Waals surface area (Å²) in [6, 6.07) is 0.0966. The van der Waals surface area contributed by atoms with Gasteiger partial charge in [-0.1, -0.05) is 27.7 Å². The van der Waals surface area contributed by atoms with E-state index in [0.29, 0.717) is 6.42 Å². The van der Waals surface area contributed by atoms with Crippen molar-refractivity contribution in [2.45, 2.75) is 58.6 Å². The van der Waals surface area contributed by atoms with Gasteiger partial charge < -0.3 is 30.2 Å². The van der Waals surface area contributed by atoms with Crippen LogP contribution in [0.1, 0.15) is 40.5 Å². The highest BCUT2D eigenvalue weighted by molar-refractivity contribution is 6.50. The van der Waals surface area contributed by atoms with Crippen LogP contribution < -0.4 is 10.6 Å². The number of hydrogen-bond donors (Lipinski definition) is 4. The van der Waals surface area contributed by atoms with Crippen LogP contribution in [-0.4, -0.2) is 65.8 Å². The van der Waals surface area contributed by atoms with Gasteiger partial charge in [0.1, 0.15) is 0 Å². The van der Waals surface area contributed by atoms with Gasteiger partial charge in [-0.3, -0.25) is 19.2 Å². The van der Waals surface area contributed by atoms with Crippen LogP contribution in [0.25, 0.3) is 0 Å². The molecule has 1 saturated heterocycles. The molecule has 2 unspecified atom stereocenters. The van der Waals surface area contributed by atoms with Gasteiger partial charge in [0, 0.05) is 6.04 Å². The van der Waals surface area contributed by atoms with Crippen LogP contribution in [0.4, 0.5) is 0 Å². The lowest BCUT2D eigenvalue weighted by Gasteiger charge is -2.35. The minimum atomic E-state index is -1.73. The van der Waals surface area contributed by atoms with Gasteiger partial charge in [0.2, 0.25) is 5.91 Å². The van der Waals surface area contributed by atoms with E-state index >= 15 is 0 Å². The smallest absolute Gasteiger partial charge is 0.508 e. The maximum Gasteiger partial charge on any atom is 0.551 e.